The molecule has 164 valence electrons. The first kappa shape index (κ1) is 21.6. The van der Waals surface area contributed by atoms with Gasteiger partial charge < -0.3 is 9.80 Å². The van der Waals surface area contributed by atoms with E-state index in [0.717, 1.165) is 29.7 Å². The minimum Gasteiger partial charge on any atom is -0.360 e. The Bertz CT molecular complexity index is 1130. The van der Waals surface area contributed by atoms with Crippen LogP contribution in [0.4, 0.5) is 5.69 Å². The monoisotopic (exact) mass is 484 g/mol. The molecular formula is C26H23Cl3N2O. The smallest absolute Gasteiger partial charge is 0.233 e. The second-order valence-corrected chi connectivity index (χ2v) is 9.84. The first-order valence-corrected chi connectivity index (χ1v) is 11.9. The van der Waals surface area contributed by atoms with Crippen LogP contribution in [-0.2, 0) is 10.2 Å². The van der Waals surface area contributed by atoms with Crippen LogP contribution in [0.1, 0.15) is 30.0 Å². The van der Waals surface area contributed by atoms with Gasteiger partial charge in [0.1, 0.15) is 0 Å². The molecule has 3 aromatic rings. The number of halogens is 3. The number of nitrogens with zero attached hydrogens (tertiary/aromatic N) is 2. The van der Waals surface area contributed by atoms with Crippen LogP contribution in [0, 0.1) is 0 Å². The summed E-state index contributed by atoms with van der Waals surface area (Å²) in [6, 6.07) is 23.6. The van der Waals surface area contributed by atoms with Crippen molar-refractivity contribution in [1.29, 1.82) is 0 Å². The molecule has 5 rings (SSSR count). The van der Waals surface area contributed by atoms with Gasteiger partial charge in [0.25, 0.3) is 0 Å². The number of hydrogen-bond donors (Lipinski definition) is 0. The first-order valence-electron chi connectivity index (χ1n) is 10.8. The predicted octanol–water partition coefficient (Wildman–Crippen LogP) is 6.77. The van der Waals surface area contributed by atoms with Gasteiger partial charge in [-0.3, -0.25) is 4.79 Å². The largest absolute Gasteiger partial charge is 0.360 e. The fourth-order valence-electron chi connectivity index (χ4n) is 4.75. The molecule has 3 nitrogen and oxygen atoms in total. The minimum absolute atomic E-state index is 0.0322. The zero-order valence-corrected chi connectivity index (χ0v) is 19.7. The normalized spacial score (nSPS) is 19.7. The maximum Gasteiger partial charge on any atom is 0.233 e. The van der Waals surface area contributed by atoms with Gasteiger partial charge in [0.05, 0.1) is 22.2 Å². The van der Waals surface area contributed by atoms with Crippen molar-refractivity contribution in [3.8, 4) is 0 Å². The summed E-state index contributed by atoms with van der Waals surface area (Å²) in [5.74, 6) is 0.226. The third kappa shape index (κ3) is 3.98. The summed E-state index contributed by atoms with van der Waals surface area (Å²) in [6.07, 6.45) is 1.81. The van der Waals surface area contributed by atoms with Crippen molar-refractivity contribution < 1.29 is 4.79 Å². The van der Waals surface area contributed by atoms with Gasteiger partial charge in [-0.2, -0.15) is 0 Å². The molecule has 32 heavy (non-hydrogen) atoms. The lowest BCUT2D eigenvalue weighted by Gasteiger charge is -2.44. The number of piperazine rings is 1. The van der Waals surface area contributed by atoms with E-state index in [4.69, 9.17) is 34.8 Å². The van der Waals surface area contributed by atoms with Crippen LogP contribution in [0.15, 0.2) is 72.8 Å². The van der Waals surface area contributed by atoms with E-state index in [2.05, 4.69) is 17.0 Å². The summed E-state index contributed by atoms with van der Waals surface area (Å²) in [4.78, 5) is 18.0. The standard InChI is InChI=1S/C26H23Cl3N2O/c27-20-8-6-18(7-9-20)24-17-30(14-15-31(24)23-11-10-21(28)16-22(23)29)25(32)26(12-13-26)19-4-2-1-3-5-19/h1-11,16,24H,12-15,17H2. The Hall–Kier alpha value is -2.20. The first-order chi connectivity index (χ1) is 15.5. The maximum atomic E-state index is 13.7. The second-order valence-electron chi connectivity index (χ2n) is 8.56. The third-order valence-corrected chi connectivity index (χ3v) is 7.42. The number of rotatable bonds is 4. The molecule has 1 aliphatic heterocycles. The highest BCUT2D eigenvalue weighted by Gasteiger charge is 2.53. The molecule has 1 unspecified atom stereocenters. The Morgan fingerprint density at radius 1 is 0.844 bits per heavy atom. The van der Waals surface area contributed by atoms with Gasteiger partial charge in [-0.1, -0.05) is 77.3 Å². The quantitative estimate of drug-likeness (QED) is 0.407. The molecule has 1 saturated heterocycles. The fraction of sp³-hybridized carbons (Fsp3) is 0.269. The molecule has 3 aromatic carbocycles. The molecule has 1 saturated carbocycles. The predicted molar refractivity (Wildman–Crippen MR) is 132 cm³/mol. The average molecular weight is 486 g/mol. The highest BCUT2D eigenvalue weighted by molar-refractivity contribution is 6.36. The van der Waals surface area contributed by atoms with Gasteiger partial charge in [-0.15, -0.1) is 0 Å². The zero-order valence-electron chi connectivity index (χ0n) is 17.5. The highest BCUT2D eigenvalue weighted by atomic mass is 35.5. The molecule has 1 heterocycles. The molecule has 0 bridgehead atoms. The lowest BCUT2D eigenvalue weighted by Crippen LogP contribution is -2.53. The molecule has 2 aliphatic rings. The van der Waals surface area contributed by atoms with Crippen molar-refractivity contribution in [2.75, 3.05) is 24.5 Å². The van der Waals surface area contributed by atoms with Crippen molar-refractivity contribution in [3.63, 3.8) is 0 Å². The molecule has 1 aliphatic carbocycles. The molecule has 0 N–H and O–H groups in total. The Morgan fingerprint density at radius 2 is 1.53 bits per heavy atom. The zero-order chi connectivity index (χ0) is 22.3. The highest BCUT2D eigenvalue weighted by Crippen LogP contribution is 2.50. The molecule has 6 heteroatoms. The topological polar surface area (TPSA) is 23.6 Å². The third-order valence-electron chi connectivity index (χ3n) is 6.63. The molecule has 0 spiro atoms. The summed E-state index contributed by atoms with van der Waals surface area (Å²) in [6.45, 7) is 1.93. The Kier molecular flexibility index (Phi) is 5.83. The van der Waals surface area contributed by atoms with Crippen LogP contribution in [0.2, 0.25) is 15.1 Å². The molecule has 1 amide bonds. The van der Waals surface area contributed by atoms with Crippen molar-refractivity contribution in [1.82, 2.24) is 4.90 Å². The minimum atomic E-state index is -0.369. The lowest BCUT2D eigenvalue weighted by molar-refractivity contribution is -0.134. The summed E-state index contributed by atoms with van der Waals surface area (Å²) >= 11 is 18.9. The van der Waals surface area contributed by atoms with E-state index >= 15 is 0 Å². The molecular weight excluding hydrogens is 463 g/mol. The van der Waals surface area contributed by atoms with Crippen molar-refractivity contribution >= 4 is 46.4 Å². The van der Waals surface area contributed by atoms with Crippen molar-refractivity contribution in [2.45, 2.75) is 24.3 Å². The number of carbonyl (C=O) groups is 1. The van der Waals surface area contributed by atoms with Crippen LogP contribution in [0.25, 0.3) is 0 Å². The molecule has 0 aromatic heterocycles. The Labute approximate surface area is 203 Å². The van der Waals surface area contributed by atoms with E-state index < -0.39 is 0 Å². The second kappa shape index (κ2) is 8.62. The van der Waals surface area contributed by atoms with Gasteiger partial charge in [0.2, 0.25) is 5.91 Å². The number of amides is 1. The Balaban J connectivity index is 1.47. The summed E-state index contributed by atoms with van der Waals surface area (Å²) in [7, 11) is 0. The van der Waals surface area contributed by atoms with Crippen LogP contribution in [-0.4, -0.2) is 30.4 Å². The number of benzene rings is 3. The Morgan fingerprint density at radius 3 is 2.19 bits per heavy atom. The summed E-state index contributed by atoms with van der Waals surface area (Å²) < 4.78 is 0. The molecule has 0 radical (unpaired) electrons. The van der Waals surface area contributed by atoms with Crippen LogP contribution < -0.4 is 4.90 Å². The average Bonchev–Trinajstić information content (AvgIpc) is 3.62. The number of carbonyl (C=O) groups excluding carboxylic acids is 1. The van der Waals surface area contributed by atoms with E-state index in [1.54, 1.807) is 6.07 Å². The van der Waals surface area contributed by atoms with Crippen LogP contribution >= 0.6 is 34.8 Å². The van der Waals surface area contributed by atoms with Gasteiger partial charge >= 0.3 is 0 Å². The van der Waals surface area contributed by atoms with Gasteiger partial charge in [0, 0.05) is 29.7 Å². The van der Waals surface area contributed by atoms with E-state index in [9.17, 15) is 4.79 Å². The van der Waals surface area contributed by atoms with Gasteiger partial charge in [0.15, 0.2) is 0 Å². The number of hydrogen-bond acceptors (Lipinski definition) is 2. The van der Waals surface area contributed by atoms with Gasteiger partial charge in [-0.25, -0.2) is 0 Å². The molecule has 1 atom stereocenters. The summed E-state index contributed by atoms with van der Waals surface area (Å²) in [5, 5.41) is 1.91. The van der Waals surface area contributed by atoms with Crippen molar-refractivity contribution in [2.24, 2.45) is 0 Å². The van der Waals surface area contributed by atoms with E-state index in [1.807, 2.05) is 59.5 Å². The lowest BCUT2D eigenvalue weighted by atomic mass is 9.93. The molecule has 2 fully saturated rings. The van der Waals surface area contributed by atoms with Crippen LogP contribution in [0.5, 0.6) is 0 Å². The summed E-state index contributed by atoms with van der Waals surface area (Å²) in [5.41, 5.74) is 2.78. The SMILES string of the molecule is O=C(N1CCN(c2ccc(Cl)cc2Cl)C(c2ccc(Cl)cc2)C1)C1(c2ccccc2)CC1. The van der Waals surface area contributed by atoms with Crippen LogP contribution in [0.3, 0.4) is 0 Å². The fourth-order valence-corrected chi connectivity index (χ4v) is 5.39. The number of anilines is 1. The van der Waals surface area contributed by atoms with E-state index in [0.29, 0.717) is 34.7 Å². The van der Waals surface area contributed by atoms with E-state index in [-0.39, 0.29) is 17.4 Å². The van der Waals surface area contributed by atoms with E-state index in [1.165, 1.54) is 0 Å². The van der Waals surface area contributed by atoms with Crippen molar-refractivity contribution in [3.05, 3.63) is 99.0 Å². The maximum absolute atomic E-state index is 13.7. The van der Waals surface area contributed by atoms with Gasteiger partial charge in [-0.05, 0) is 54.3 Å².